The number of aromatic nitrogens is 1. The van der Waals surface area contributed by atoms with Gasteiger partial charge >= 0.3 is 0 Å². The van der Waals surface area contributed by atoms with Crippen LogP contribution in [0, 0.1) is 24.7 Å². The van der Waals surface area contributed by atoms with Crippen molar-refractivity contribution in [3.63, 3.8) is 0 Å². The van der Waals surface area contributed by atoms with Gasteiger partial charge in [-0.3, -0.25) is 14.6 Å². The van der Waals surface area contributed by atoms with Crippen LogP contribution in [0.4, 0.5) is 0 Å². The normalized spacial score (nSPS) is 31.3. The first-order valence-corrected chi connectivity index (χ1v) is 13.1. The molecule has 1 aromatic heterocycles. The summed E-state index contributed by atoms with van der Waals surface area (Å²) in [6.07, 6.45) is 9.90. The third-order valence-corrected chi connectivity index (χ3v) is 8.35. The number of nitrogens with zero attached hydrogens (tertiary/aromatic N) is 1. The van der Waals surface area contributed by atoms with Crippen LogP contribution in [-0.2, 0) is 14.3 Å². The highest BCUT2D eigenvalue weighted by Crippen LogP contribution is 2.36. The van der Waals surface area contributed by atoms with Crippen molar-refractivity contribution in [1.29, 1.82) is 0 Å². The number of rotatable bonds is 8. The van der Waals surface area contributed by atoms with E-state index in [1.807, 2.05) is 13.0 Å². The molecule has 0 unspecified atom stereocenters. The minimum atomic E-state index is 0.0811. The Kier molecular flexibility index (Phi) is 8.46. The predicted octanol–water partition coefficient (Wildman–Crippen LogP) is 3.89. The minimum Gasteiger partial charge on any atom is -0.495 e. The zero-order valence-corrected chi connectivity index (χ0v) is 21.0. The molecule has 3 aliphatic rings. The van der Waals surface area contributed by atoms with Crippen molar-refractivity contribution >= 4 is 11.8 Å². The van der Waals surface area contributed by atoms with Gasteiger partial charge in [-0.25, -0.2) is 0 Å². The second-order valence-corrected chi connectivity index (χ2v) is 10.6. The monoisotopic (exact) mass is 471 g/mol. The SMILES string of the molecule is COc1ccc(C2CCC(CNC(=O)C3CCC(NC(=O)C4CC(OC)C4)CC3)CC2)nc1C. The van der Waals surface area contributed by atoms with E-state index < -0.39 is 0 Å². The summed E-state index contributed by atoms with van der Waals surface area (Å²) in [6, 6.07) is 4.33. The number of methoxy groups -OCH3 is 2. The molecule has 7 nitrogen and oxygen atoms in total. The van der Waals surface area contributed by atoms with Crippen molar-refractivity contribution < 1.29 is 19.1 Å². The van der Waals surface area contributed by atoms with Crippen molar-refractivity contribution in [2.45, 2.75) is 89.2 Å². The number of pyridine rings is 1. The van der Waals surface area contributed by atoms with Crippen molar-refractivity contribution in [2.75, 3.05) is 20.8 Å². The highest BCUT2D eigenvalue weighted by Gasteiger charge is 2.36. The summed E-state index contributed by atoms with van der Waals surface area (Å²) in [5, 5.41) is 6.43. The van der Waals surface area contributed by atoms with E-state index in [0.717, 1.165) is 82.2 Å². The van der Waals surface area contributed by atoms with E-state index in [1.54, 1.807) is 14.2 Å². The van der Waals surface area contributed by atoms with Crippen LogP contribution in [0.5, 0.6) is 5.75 Å². The number of carbonyl (C=O) groups excluding carboxylic acids is 2. The summed E-state index contributed by atoms with van der Waals surface area (Å²) in [4.78, 5) is 29.9. The molecule has 1 aromatic rings. The van der Waals surface area contributed by atoms with Gasteiger partial charge in [0.05, 0.1) is 18.9 Å². The van der Waals surface area contributed by atoms with Crippen LogP contribution in [0.3, 0.4) is 0 Å². The summed E-state index contributed by atoms with van der Waals surface area (Å²) in [5.74, 6) is 2.44. The number of hydrogen-bond acceptors (Lipinski definition) is 5. The molecule has 1 heterocycles. The molecule has 0 bridgehead atoms. The Hall–Kier alpha value is -2.15. The Morgan fingerprint density at radius 3 is 2.26 bits per heavy atom. The van der Waals surface area contributed by atoms with Gasteiger partial charge in [0.2, 0.25) is 11.8 Å². The fourth-order valence-electron chi connectivity index (χ4n) is 5.85. The molecule has 0 aromatic carbocycles. The van der Waals surface area contributed by atoms with Crippen LogP contribution < -0.4 is 15.4 Å². The molecule has 0 atom stereocenters. The van der Waals surface area contributed by atoms with Crippen molar-refractivity contribution in [3.8, 4) is 5.75 Å². The average Bonchev–Trinajstić information content (AvgIpc) is 2.82. The van der Waals surface area contributed by atoms with Crippen LogP contribution in [0.2, 0.25) is 0 Å². The minimum absolute atomic E-state index is 0.0811. The van der Waals surface area contributed by atoms with Gasteiger partial charge in [-0.15, -0.1) is 0 Å². The number of amides is 2. The van der Waals surface area contributed by atoms with Crippen LogP contribution >= 0.6 is 0 Å². The van der Waals surface area contributed by atoms with E-state index in [-0.39, 0.29) is 35.8 Å². The zero-order chi connectivity index (χ0) is 24.1. The molecule has 34 heavy (non-hydrogen) atoms. The lowest BCUT2D eigenvalue weighted by molar-refractivity contribution is -0.133. The molecule has 7 heteroatoms. The van der Waals surface area contributed by atoms with Gasteiger partial charge in [-0.2, -0.15) is 0 Å². The quantitative estimate of drug-likeness (QED) is 0.600. The molecule has 188 valence electrons. The third kappa shape index (κ3) is 6.09. The fraction of sp³-hybridized carbons (Fsp3) is 0.741. The third-order valence-electron chi connectivity index (χ3n) is 8.35. The lowest BCUT2D eigenvalue weighted by Crippen LogP contribution is -2.47. The smallest absolute Gasteiger partial charge is 0.223 e. The topological polar surface area (TPSA) is 89.6 Å². The molecule has 2 N–H and O–H groups in total. The Morgan fingerprint density at radius 1 is 0.941 bits per heavy atom. The Morgan fingerprint density at radius 2 is 1.65 bits per heavy atom. The second kappa shape index (κ2) is 11.5. The van der Waals surface area contributed by atoms with Crippen LogP contribution in [0.25, 0.3) is 0 Å². The molecule has 2 amide bonds. The first-order chi connectivity index (χ1) is 16.5. The molecular weight excluding hydrogens is 430 g/mol. The van der Waals surface area contributed by atoms with Crippen LogP contribution in [-0.4, -0.2) is 49.7 Å². The van der Waals surface area contributed by atoms with E-state index in [1.165, 1.54) is 5.69 Å². The predicted molar refractivity (Wildman–Crippen MR) is 131 cm³/mol. The van der Waals surface area contributed by atoms with Gasteiger partial charge in [0.1, 0.15) is 5.75 Å². The molecular formula is C27H41N3O4. The Labute approximate surface area is 203 Å². The number of aryl methyl sites for hydroxylation is 1. The van der Waals surface area contributed by atoms with Crippen molar-refractivity contribution in [1.82, 2.24) is 15.6 Å². The highest BCUT2D eigenvalue weighted by atomic mass is 16.5. The van der Waals surface area contributed by atoms with Crippen molar-refractivity contribution in [3.05, 3.63) is 23.5 Å². The first kappa shape index (κ1) is 25.0. The summed E-state index contributed by atoms with van der Waals surface area (Å²) in [7, 11) is 3.39. The molecule has 4 rings (SSSR count). The molecule has 0 aliphatic heterocycles. The Bertz CT molecular complexity index is 838. The lowest BCUT2D eigenvalue weighted by Gasteiger charge is -2.35. The number of ether oxygens (including phenoxy) is 2. The maximum Gasteiger partial charge on any atom is 0.223 e. The summed E-state index contributed by atoms with van der Waals surface area (Å²) < 4.78 is 10.6. The van der Waals surface area contributed by atoms with Gasteiger partial charge in [0.25, 0.3) is 0 Å². The molecule has 0 saturated heterocycles. The van der Waals surface area contributed by atoms with E-state index in [9.17, 15) is 9.59 Å². The maximum atomic E-state index is 12.8. The van der Waals surface area contributed by atoms with Crippen molar-refractivity contribution in [2.24, 2.45) is 17.8 Å². The van der Waals surface area contributed by atoms with E-state index in [0.29, 0.717) is 11.8 Å². The maximum absolute atomic E-state index is 12.8. The number of carbonyl (C=O) groups is 2. The molecule has 3 saturated carbocycles. The van der Waals surface area contributed by atoms with Gasteiger partial charge in [-0.05, 0) is 89.2 Å². The average molecular weight is 472 g/mol. The van der Waals surface area contributed by atoms with Gasteiger partial charge in [0.15, 0.2) is 0 Å². The van der Waals surface area contributed by atoms with E-state index >= 15 is 0 Å². The summed E-state index contributed by atoms with van der Waals surface area (Å²) in [5.41, 5.74) is 2.12. The Balaban J connectivity index is 1.12. The summed E-state index contributed by atoms with van der Waals surface area (Å²) in [6.45, 7) is 2.77. The molecule has 3 fully saturated rings. The highest BCUT2D eigenvalue weighted by molar-refractivity contribution is 5.80. The second-order valence-electron chi connectivity index (χ2n) is 10.6. The summed E-state index contributed by atoms with van der Waals surface area (Å²) >= 11 is 0. The van der Waals surface area contributed by atoms with E-state index in [2.05, 4.69) is 16.7 Å². The van der Waals surface area contributed by atoms with Crippen LogP contribution in [0.15, 0.2) is 12.1 Å². The lowest BCUT2D eigenvalue weighted by atomic mass is 9.79. The molecule has 3 aliphatic carbocycles. The van der Waals surface area contributed by atoms with Gasteiger partial charge in [-0.1, -0.05) is 0 Å². The van der Waals surface area contributed by atoms with Crippen LogP contribution in [0.1, 0.15) is 81.5 Å². The first-order valence-electron chi connectivity index (χ1n) is 13.1. The fourth-order valence-corrected chi connectivity index (χ4v) is 5.85. The van der Waals surface area contributed by atoms with E-state index in [4.69, 9.17) is 14.5 Å². The molecule has 0 radical (unpaired) electrons. The zero-order valence-electron chi connectivity index (χ0n) is 21.0. The standard InChI is InChI=1S/C27H41N3O4/c1-17-25(34-3)13-12-24(29-17)19-6-4-18(5-7-19)16-28-26(31)20-8-10-22(11-9-20)30-27(32)21-14-23(15-21)33-2/h12-13,18-23H,4-11,14-16H2,1-3H3,(H,28,31)(H,30,32). The van der Waals surface area contributed by atoms with Gasteiger partial charge < -0.3 is 20.1 Å². The number of nitrogens with one attached hydrogen (secondary N) is 2. The molecule has 0 spiro atoms. The number of hydrogen-bond donors (Lipinski definition) is 2. The largest absolute Gasteiger partial charge is 0.495 e. The van der Waals surface area contributed by atoms with Gasteiger partial charge in [0, 0.05) is 43.1 Å².